The van der Waals surface area contributed by atoms with Gasteiger partial charge in [0.2, 0.25) is 0 Å². The van der Waals surface area contributed by atoms with E-state index >= 15 is 0 Å². The monoisotopic (exact) mass is 497 g/mol. The molecule has 0 aliphatic rings. The lowest BCUT2D eigenvalue weighted by molar-refractivity contribution is -0.168. The number of alkyl carbamates (subject to hydrolysis) is 1. The Morgan fingerprint density at radius 3 is 2.08 bits per heavy atom. The Morgan fingerprint density at radius 2 is 1.53 bits per heavy atom. The van der Waals surface area contributed by atoms with Crippen LogP contribution in [0.2, 0.25) is 0 Å². The number of rotatable bonds is 12. The molecule has 0 heterocycles. The zero-order valence-corrected chi connectivity index (χ0v) is 22.0. The van der Waals surface area contributed by atoms with Gasteiger partial charge >= 0.3 is 18.0 Å². The van der Waals surface area contributed by atoms with Gasteiger partial charge in [-0.3, -0.25) is 9.59 Å². The standard InChI is InChI=1S/C29H39NO6/c1-20(2)25(26(31)32)24(27(33)36-29(3,4)5)13-9-12-21-14-16-22(17-15-21)18-30-28(34)35-19-23-10-7-6-8-11-23/h6-8,10-11,14-17,20,24-25H,9,12-13,18-19H2,1-5H3,(H,30,34)(H,31,32). The number of carboxylic acids is 1. The summed E-state index contributed by atoms with van der Waals surface area (Å²) in [5, 5.41) is 12.5. The van der Waals surface area contributed by atoms with Crippen LogP contribution in [-0.2, 0) is 38.6 Å². The predicted octanol–water partition coefficient (Wildman–Crippen LogP) is 5.75. The molecule has 0 aliphatic heterocycles. The zero-order chi connectivity index (χ0) is 26.7. The smallest absolute Gasteiger partial charge is 0.407 e. The van der Waals surface area contributed by atoms with E-state index in [-0.39, 0.29) is 12.5 Å². The van der Waals surface area contributed by atoms with Crippen molar-refractivity contribution in [3.05, 3.63) is 71.3 Å². The first-order valence-electron chi connectivity index (χ1n) is 12.4. The summed E-state index contributed by atoms with van der Waals surface area (Å²) in [4.78, 5) is 36.7. The molecule has 2 aromatic rings. The van der Waals surface area contributed by atoms with Crippen molar-refractivity contribution in [3.63, 3.8) is 0 Å². The highest BCUT2D eigenvalue weighted by molar-refractivity contribution is 5.81. The Bertz CT molecular complexity index is 979. The van der Waals surface area contributed by atoms with E-state index in [4.69, 9.17) is 9.47 Å². The highest BCUT2D eigenvalue weighted by Gasteiger charge is 2.38. The third-order valence-corrected chi connectivity index (χ3v) is 5.80. The molecule has 0 aromatic heterocycles. The van der Waals surface area contributed by atoms with Gasteiger partial charge in [0.25, 0.3) is 0 Å². The summed E-state index contributed by atoms with van der Waals surface area (Å²) in [7, 11) is 0. The first kappa shape index (κ1) is 28.9. The molecule has 36 heavy (non-hydrogen) atoms. The molecule has 196 valence electrons. The molecule has 7 nitrogen and oxygen atoms in total. The van der Waals surface area contributed by atoms with Crippen LogP contribution in [0.3, 0.4) is 0 Å². The van der Waals surface area contributed by atoms with Crippen LogP contribution in [-0.4, -0.2) is 28.7 Å². The van der Waals surface area contributed by atoms with E-state index < -0.39 is 35.5 Å². The van der Waals surface area contributed by atoms with Crippen molar-refractivity contribution in [2.24, 2.45) is 17.8 Å². The van der Waals surface area contributed by atoms with Crippen LogP contribution in [0.5, 0.6) is 0 Å². The molecule has 2 aromatic carbocycles. The minimum absolute atomic E-state index is 0.189. The van der Waals surface area contributed by atoms with Gasteiger partial charge in [0.05, 0.1) is 11.8 Å². The normalized spacial score (nSPS) is 13.1. The van der Waals surface area contributed by atoms with Gasteiger partial charge in [0, 0.05) is 6.54 Å². The first-order valence-corrected chi connectivity index (χ1v) is 12.4. The third kappa shape index (κ3) is 10.1. The summed E-state index contributed by atoms with van der Waals surface area (Å²) < 4.78 is 10.8. The summed E-state index contributed by atoms with van der Waals surface area (Å²) in [5.74, 6) is -3.11. The highest BCUT2D eigenvalue weighted by atomic mass is 16.6. The van der Waals surface area contributed by atoms with Gasteiger partial charge < -0.3 is 19.9 Å². The Labute approximate surface area is 214 Å². The van der Waals surface area contributed by atoms with Gasteiger partial charge in [-0.25, -0.2) is 4.79 Å². The van der Waals surface area contributed by atoms with Gasteiger partial charge in [0.1, 0.15) is 12.2 Å². The molecule has 0 saturated heterocycles. The number of hydrogen-bond acceptors (Lipinski definition) is 5. The summed E-state index contributed by atoms with van der Waals surface area (Å²) in [6.07, 6.45) is 1.32. The Balaban J connectivity index is 1.86. The molecule has 2 rings (SSSR count). The second-order valence-electron chi connectivity index (χ2n) is 10.4. The minimum atomic E-state index is -0.972. The van der Waals surface area contributed by atoms with Gasteiger partial charge in [0.15, 0.2) is 0 Å². The minimum Gasteiger partial charge on any atom is -0.481 e. The molecule has 7 heteroatoms. The van der Waals surface area contributed by atoms with Gasteiger partial charge in [-0.2, -0.15) is 0 Å². The maximum absolute atomic E-state index is 12.8. The second-order valence-corrected chi connectivity index (χ2v) is 10.4. The van der Waals surface area contributed by atoms with Gasteiger partial charge in [-0.15, -0.1) is 0 Å². The molecule has 2 N–H and O–H groups in total. The van der Waals surface area contributed by atoms with Crippen LogP contribution in [0.1, 0.15) is 64.2 Å². The molecule has 0 aliphatic carbocycles. The maximum Gasteiger partial charge on any atom is 0.407 e. The molecule has 0 bridgehead atoms. The molecule has 0 saturated carbocycles. The fourth-order valence-electron chi connectivity index (χ4n) is 4.04. The summed E-state index contributed by atoms with van der Waals surface area (Å²) in [6.45, 7) is 9.56. The summed E-state index contributed by atoms with van der Waals surface area (Å²) >= 11 is 0. The average molecular weight is 498 g/mol. The van der Waals surface area contributed by atoms with Crippen molar-refractivity contribution >= 4 is 18.0 Å². The van der Waals surface area contributed by atoms with Crippen LogP contribution in [0.15, 0.2) is 54.6 Å². The number of amides is 1. The van der Waals surface area contributed by atoms with Crippen molar-refractivity contribution in [1.29, 1.82) is 0 Å². The van der Waals surface area contributed by atoms with Crippen LogP contribution in [0.25, 0.3) is 0 Å². The second kappa shape index (κ2) is 13.7. The number of carboxylic acid groups (broad SMARTS) is 1. The number of carbonyl (C=O) groups excluding carboxylic acids is 2. The Morgan fingerprint density at radius 1 is 0.917 bits per heavy atom. The fraction of sp³-hybridized carbons (Fsp3) is 0.483. The topological polar surface area (TPSA) is 102 Å². The van der Waals surface area contributed by atoms with Crippen LogP contribution in [0.4, 0.5) is 4.79 Å². The predicted molar refractivity (Wildman–Crippen MR) is 138 cm³/mol. The van der Waals surface area contributed by atoms with E-state index in [1.165, 1.54) is 0 Å². The highest BCUT2D eigenvalue weighted by Crippen LogP contribution is 2.29. The average Bonchev–Trinajstić information content (AvgIpc) is 2.80. The number of aliphatic carboxylic acids is 1. The van der Waals surface area contributed by atoms with Crippen molar-refractivity contribution in [2.75, 3.05) is 0 Å². The van der Waals surface area contributed by atoms with Crippen LogP contribution < -0.4 is 5.32 Å². The number of aryl methyl sites for hydroxylation is 1. The largest absolute Gasteiger partial charge is 0.481 e. The van der Waals surface area contributed by atoms with Gasteiger partial charge in [-0.1, -0.05) is 68.4 Å². The number of carbonyl (C=O) groups is 3. The van der Waals surface area contributed by atoms with E-state index in [1.807, 2.05) is 68.4 Å². The van der Waals surface area contributed by atoms with E-state index in [9.17, 15) is 19.5 Å². The summed E-state index contributed by atoms with van der Waals surface area (Å²) in [6, 6.07) is 17.3. The molecule has 0 radical (unpaired) electrons. The van der Waals surface area contributed by atoms with E-state index in [0.29, 0.717) is 25.8 Å². The Hall–Kier alpha value is -3.35. The molecule has 0 fully saturated rings. The van der Waals surface area contributed by atoms with Crippen molar-refractivity contribution in [3.8, 4) is 0 Å². The number of esters is 1. The molecule has 2 atom stereocenters. The van der Waals surface area contributed by atoms with E-state index in [0.717, 1.165) is 16.7 Å². The van der Waals surface area contributed by atoms with Crippen LogP contribution in [0, 0.1) is 17.8 Å². The summed E-state index contributed by atoms with van der Waals surface area (Å²) in [5.41, 5.74) is 2.26. The molecule has 0 spiro atoms. The van der Waals surface area contributed by atoms with Crippen LogP contribution >= 0.6 is 0 Å². The number of nitrogens with one attached hydrogen (secondary N) is 1. The number of hydrogen-bond donors (Lipinski definition) is 2. The van der Waals surface area contributed by atoms with Crippen molar-refractivity contribution in [2.45, 2.75) is 72.6 Å². The maximum atomic E-state index is 12.8. The molecular formula is C29H39NO6. The molecule has 1 amide bonds. The molecular weight excluding hydrogens is 458 g/mol. The fourth-order valence-corrected chi connectivity index (χ4v) is 4.04. The lowest BCUT2D eigenvalue weighted by Gasteiger charge is -2.29. The Kier molecular flexibility index (Phi) is 11.0. The van der Waals surface area contributed by atoms with E-state index in [1.54, 1.807) is 20.8 Å². The third-order valence-electron chi connectivity index (χ3n) is 5.80. The lowest BCUT2D eigenvalue weighted by Crippen LogP contribution is -2.38. The van der Waals surface area contributed by atoms with Gasteiger partial charge in [-0.05, 0) is 62.6 Å². The number of benzene rings is 2. The van der Waals surface area contributed by atoms with Crippen molar-refractivity contribution in [1.82, 2.24) is 5.32 Å². The van der Waals surface area contributed by atoms with E-state index in [2.05, 4.69) is 5.32 Å². The SMILES string of the molecule is CC(C)C(C(=O)O)C(CCCc1ccc(CNC(=O)OCc2ccccc2)cc1)C(=O)OC(C)(C)C. The zero-order valence-electron chi connectivity index (χ0n) is 22.0. The lowest BCUT2D eigenvalue weighted by atomic mass is 9.80. The molecule has 2 unspecified atom stereocenters. The quantitative estimate of drug-likeness (QED) is 0.362. The first-order chi connectivity index (χ1) is 17.0. The van der Waals surface area contributed by atoms with Crippen molar-refractivity contribution < 1.29 is 29.0 Å². The number of ether oxygens (including phenoxy) is 2.